The minimum absolute atomic E-state index is 0.0167. The van der Waals surface area contributed by atoms with Crippen molar-refractivity contribution in [3.63, 3.8) is 0 Å². The zero-order valence-electron chi connectivity index (χ0n) is 11.6. The molecule has 0 radical (unpaired) electrons. The lowest BCUT2D eigenvalue weighted by atomic mass is 9.86. The number of hydrogen-bond acceptors (Lipinski definition) is 2. The van der Waals surface area contributed by atoms with E-state index >= 15 is 0 Å². The highest BCUT2D eigenvalue weighted by Gasteiger charge is 2.64. The van der Waals surface area contributed by atoms with Gasteiger partial charge in [-0.2, -0.15) is 13.2 Å². The number of amides is 2. The maximum Gasteiger partial charge on any atom is 0.406 e. The van der Waals surface area contributed by atoms with Crippen LogP contribution in [0, 0.1) is 5.41 Å². The van der Waals surface area contributed by atoms with Gasteiger partial charge in [-0.05, 0) is 19.3 Å². The first kappa shape index (κ1) is 15.9. The summed E-state index contributed by atoms with van der Waals surface area (Å²) in [5, 5.41) is 11.7. The van der Waals surface area contributed by atoms with Crippen molar-refractivity contribution >= 4 is 12.0 Å². The van der Waals surface area contributed by atoms with Gasteiger partial charge in [-0.3, -0.25) is 4.79 Å². The Morgan fingerprint density at radius 3 is 2.29 bits per heavy atom. The van der Waals surface area contributed by atoms with Crippen LogP contribution in [0.4, 0.5) is 18.0 Å². The van der Waals surface area contributed by atoms with E-state index in [4.69, 9.17) is 5.11 Å². The fourth-order valence-corrected chi connectivity index (χ4v) is 3.02. The van der Waals surface area contributed by atoms with Crippen molar-refractivity contribution < 1.29 is 27.9 Å². The van der Waals surface area contributed by atoms with E-state index in [1.54, 1.807) is 0 Å². The lowest BCUT2D eigenvalue weighted by Gasteiger charge is -2.29. The van der Waals surface area contributed by atoms with Crippen LogP contribution in [-0.4, -0.2) is 47.3 Å². The van der Waals surface area contributed by atoms with E-state index in [0.717, 1.165) is 37.0 Å². The number of alkyl halides is 3. The fraction of sp³-hybridized carbons (Fsp3) is 0.846. The highest BCUT2D eigenvalue weighted by Crippen LogP contribution is 2.45. The van der Waals surface area contributed by atoms with Gasteiger partial charge in [0.1, 0.15) is 0 Å². The van der Waals surface area contributed by atoms with Crippen molar-refractivity contribution in [3.8, 4) is 0 Å². The van der Waals surface area contributed by atoms with Crippen LogP contribution >= 0.6 is 0 Å². The van der Waals surface area contributed by atoms with Gasteiger partial charge in [0.15, 0.2) is 5.41 Å². The summed E-state index contributed by atoms with van der Waals surface area (Å²) in [5.74, 6) is -1.91. The first-order valence-corrected chi connectivity index (χ1v) is 7.12. The van der Waals surface area contributed by atoms with Crippen LogP contribution in [0.3, 0.4) is 0 Å². The molecule has 0 spiro atoms. The summed E-state index contributed by atoms with van der Waals surface area (Å²) in [4.78, 5) is 24.0. The molecule has 0 aromatic carbocycles. The molecule has 0 bridgehead atoms. The zero-order valence-corrected chi connectivity index (χ0v) is 11.6. The third kappa shape index (κ3) is 3.08. The molecular formula is C13H19F3N2O3. The maximum absolute atomic E-state index is 13.0. The van der Waals surface area contributed by atoms with Crippen LogP contribution in [0.5, 0.6) is 0 Å². The van der Waals surface area contributed by atoms with Gasteiger partial charge in [-0.15, -0.1) is 0 Å². The number of halogens is 3. The molecule has 8 heteroatoms. The van der Waals surface area contributed by atoms with Crippen molar-refractivity contribution in [2.45, 2.75) is 50.7 Å². The number of rotatable bonds is 2. The predicted molar refractivity (Wildman–Crippen MR) is 67.7 cm³/mol. The van der Waals surface area contributed by atoms with Gasteiger partial charge in [-0.1, -0.05) is 19.3 Å². The largest absolute Gasteiger partial charge is 0.481 e. The topological polar surface area (TPSA) is 69.6 Å². The summed E-state index contributed by atoms with van der Waals surface area (Å²) < 4.78 is 39.1. The molecule has 2 aliphatic rings. The highest BCUT2D eigenvalue weighted by molar-refractivity contribution is 5.80. The van der Waals surface area contributed by atoms with Crippen LogP contribution in [-0.2, 0) is 4.79 Å². The summed E-state index contributed by atoms with van der Waals surface area (Å²) in [7, 11) is 0. The normalized spacial score (nSPS) is 27.7. The number of carboxylic acid groups (broad SMARTS) is 1. The van der Waals surface area contributed by atoms with Gasteiger partial charge in [0.25, 0.3) is 0 Å². The lowest BCUT2D eigenvalue weighted by Crippen LogP contribution is -2.50. The van der Waals surface area contributed by atoms with Gasteiger partial charge >= 0.3 is 18.2 Å². The Labute approximate surface area is 120 Å². The van der Waals surface area contributed by atoms with Crippen molar-refractivity contribution in [2.24, 2.45) is 5.41 Å². The van der Waals surface area contributed by atoms with Crippen molar-refractivity contribution in [3.05, 3.63) is 0 Å². The lowest BCUT2D eigenvalue weighted by molar-refractivity contribution is -0.226. The van der Waals surface area contributed by atoms with Crippen LogP contribution in [0.1, 0.15) is 38.5 Å². The second kappa shape index (κ2) is 5.73. The van der Waals surface area contributed by atoms with E-state index in [1.807, 2.05) is 0 Å². The molecule has 21 heavy (non-hydrogen) atoms. The van der Waals surface area contributed by atoms with E-state index in [0.29, 0.717) is 0 Å². The molecule has 1 saturated heterocycles. The second-order valence-electron chi connectivity index (χ2n) is 5.84. The fourth-order valence-electron chi connectivity index (χ4n) is 3.02. The van der Waals surface area contributed by atoms with Crippen LogP contribution in [0.15, 0.2) is 0 Å². The Hall–Kier alpha value is -1.47. The minimum atomic E-state index is -4.86. The number of urea groups is 1. The molecule has 1 unspecified atom stereocenters. The Morgan fingerprint density at radius 2 is 1.81 bits per heavy atom. The molecule has 2 amide bonds. The zero-order chi connectivity index (χ0) is 15.7. The molecule has 2 fully saturated rings. The smallest absolute Gasteiger partial charge is 0.406 e. The average Bonchev–Trinajstić information content (AvgIpc) is 2.86. The molecule has 1 aliphatic carbocycles. The van der Waals surface area contributed by atoms with Gasteiger partial charge < -0.3 is 15.3 Å². The van der Waals surface area contributed by atoms with E-state index in [-0.39, 0.29) is 12.6 Å². The van der Waals surface area contributed by atoms with Crippen LogP contribution in [0.25, 0.3) is 0 Å². The van der Waals surface area contributed by atoms with E-state index in [1.165, 1.54) is 0 Å². The van der Waals surface area contributed by atoms with Crippen LogP contribution in [0.2, 0.25) is 0 Å². The Morgan fingerprint density at radius 1 is 1.19 bits per heavy atom. The standard InChI is InChI=1S/C13H19F3N2O3/c14-13(15,16)12(10(19)20)6-7-18(8-12)11(21)17-9-4-2-1-3-5-9/h9H,1-8H2,(H,17,21)(H,19,20). The second-order valence-corrected chi connectivity index (χ2v) is 5.84. The monoisotopic (exact) mass is 308 g/mol. The maximum atomic E-state index is 13.0. The summed E-state index contributed by atoms with van der Waals surface area (Å²) in [6, 6.07) is -0.605. The average molecular weight is 308 g/mol. The van der Waals surface area contributed by atoms with Crippen molar-refractivity contribution in [2.75, 3.05) is 13.1 Å². The Balaban J connectivity index is 2.00. The molecule has 1 heterocycles. The quantitative estimate of drug-likeness (QED) is 0.823. The molecule has 1 atom stereocenters. The molecular weight excluding hydrogens is 289 g/mol. The molecule has 120 valence electrons. The Bertz CT molecular complexity index is 421. The first-order valence-electron chi connectivity index (χ1n) is 7.12. The van der Waals surface area contributed by atoms with Gasteiger partial charge in [0.2, 0.25) is 0 Å². The van der Waals surface area contributed by atoms with Gasteiger partial charge in [0, 0.05) is 19.1 Å². The highest BCUT2D eigenvalue weighted by atomic mass is 19.4. The molecule has 2 N–H and O–H groups in total. The summed E-state index contributed by atoms with van der Waals surface area (Å²) >= 11 is 0. The Kier molecular flexibility index (Phi) is 4.34. The van der Waals surface area contributed by atoms with Gasteiger partial charge in [0.05, 0.1) is 0 Å². The molecule has 1 saturated carbocycles. The number of carboxylic acids is 1. The van der Waals surface area contributed by atoms with E-state index in [2.05, 4.69) is 5.32 Å². The molecule has 0 aromatic heterocycles. The SMILES string of the molecule is O=C(NC1CCCCC1)N1CCC(C(=O)O)(C(F)(F)F)C1. The number of likely N-dealkylation sites (tertiary alicyclic amines) is 1. The number of aliphatic carboxylic acids is 1. The summed E-state index contributed by atoms with van der Waals surface area (Å²) in [6.07, 6.45) is -0.722. The van der Waals surface area contributed by atoms with E-state index in [9.17, 15) is 22.8 Å². The van der Waals surface area contributed by atoms with Crippen LogP contribution < -0.4 is 5.32 Å². The number of carbonyl (C=O) groups excluding carboxylic acids is 1. The number of nitrogens with one attached hydrogen (secondary N) is 1. The summed E-state index contributed by atoms with van der Waals surface area (Å²) in [6.45, 7) is -1.01. The first-order chi connectivity index (χ1) is 9.76. The number of nitrogens with zero attached hydrogens (tertiary/aromatic N) is 1. The number of hydrogen-bond donors (Lipinski definition) is 2. The molecule has 5 nitrogen and oxygen atoms in total. The number of carbonyl (C=O) groups is 2. The summed E-state index contributed by atoms with van der Waals surface area (Å²) in [5.41, 5.74) is -2.84. The van der Waals surface area contributed by atoms with Crippen molar-refractivity contribution in [1.82, 2.24) is 10.2 Å². The van der Waals surface area contributed by atoms with E-state index < -0.39 is 36.6 Å². The predicted octanol–water partition coefficient (Wildman–Crippen LogP) is 2.37. The van der Waals surface area contributed by atoms with Crippen molar-refractivity contribution in [1.29, 1.82) is 0 Å². The minimum Gasteiger partial charge on any atom is -0.481 e. The van der Waals surface area contributed by atoms with Gasteiger partial charge in [-0.25, -0.2) is 4.79 Å². The molecule has 0 aromatic rings. The third-order valence-electron chi connectivity index (χ3n) is 4.44. The third-order valence-corrected chi connectivity index (χ3v) is 4.44. The molecule has 1 aliphatic heterocycles. The molecule has 2 rings (SSSR count).